The number of carboxylic acids is 1. The molecule has 1 N–H and O–H groups in total. The first kappa shape index (κ1) is 41.6. The molecule has 12 atom stereocenters. The van der Waals surface area contributed by atoms with Gasteiger partial charge in [0.1, 0.15) is 6.10 Å². The molecule has 58 heavy (non-hydrogen) atoms. The Balaban J connectivity index is 0.891. The largest absolute Gasteiger partial charge is 0.481 e. The van der Waals surface area contributed by atoms with Gasteiger partial charge in [0.05, 0.1) is 30.5 Å². The summed E-state index contributed by atoms with van der Waals surface area (Å²) in [5.74, 6) is 2.53. The van der Waals surface area contributed by atoms with Crippen molar-refractivity contribution in [1.29, 1.82) is 0 Å². The molecule has 2 heterocycles. The Kier molecular flexibility index (Phi) is 10.6. The Morgan fingerprint density at radius 1 is 0.672 bits per heavy atom. The Hall–Kier alpha value is -1.71. The number of carbonyl (C=O) groups excluding carboxylic acids is 2. The van der Waals surface area contributed by atoms with E-state index in [0.29, 0.717) is 36.0 Å². The van der Waals surface area contributed by atoms with Crippen LogP contribution in [0.5, 0.6) is 0 Å². The van der Waals surface area contributed by atoms with Crippen molar-refractivity contribution in [3.63, 3.8) is 0 Å². The van der Waals surface area contributed by atoms with E-state index in [0.717, 1.165) is 103 Å². The van der Waals surface area contributed by atoms with E-state index in [1.165, 1.54) is 57.8 Å². The average Bonchev–Trinajstić information content (AvgIpc) is 3.95. The van der Waals surface area contributed by atoms with Gasteiger partial charge in [0.15, 0.2) is 0 Å². The van der Waals surface area contributed by atoms with E-state index in [1.54, 1.807) is 0 Å². The number of hydrogen-bond donors (Lipinski definition) is 1. The topological polar surface area (TPSA) is 99.6 Å². The van der Waals surface area contributed by atoms with Crippen LogP contribution < -0.4 is 0 Å². The molecule has 0 aromatic heterocycles. The number of piperazine rings is 1. The van der Waals surface area contributed by atoms with E-state index in [4.69, 9.17) is 9.47 Å². The smallest absolute Gasteiger partial charge is 0.309 e. The quantitative estimate of drug-likeness (QED) is 0.234. The van der Waals surface area contributed by atoms with E-state index in [-0.39, 0.29) is 45.1 Å². The number of rotatable bonds is 9. The van der Waals surface area contributed by atoms with Crippen molar-refractivity contribution in [3.05, 3.63) is 0 Å². The van der Waals surface area contributed by atoms with Crippen molar-refractivity contribution in [2.75, 3.05) is 65.6 Å². The molecular formula is C49H79N3O6. The Labute approximate surface area is 350 Å². The number of carbonyl (C=O) groups is 3. The fourth-order valence-corrected chi connectivity index (χ4v) is 17.1. The summed E-state index contributed by atoms with van der Waals surface area (Å²) in [5.41, 5.74) is -0.264. The predicted molar refractivity (Wildman–Crippen MR) is 225 cm³/mol. The van der Waals surface area contributed by atoms with Crippen LogP contribution in [0, 0.1) is 79.8 Å². The predicted octanol–water partition coefficient (Wildman–Crippen LogP) is 8.00. The minimum absolute atomic E-state index is 0.134. The number of aliphatic carboxylic acids is 1. The maximum absolute atomic E-state index is 15.2. The third kappa shape index (κ3) is 6.31. The zero-order chi connectivity index (χ0) is 41.0. The molecule has 0 bridgehead atoms. The van der Waals surface area contributed by atoms with Crippen LogP contribution in [-0.4, -0.2) is 109 Å². The maximum Gasteiger partial charge on any atom is 0.309 e. The number of fused-ring (bicyclic) bond motifs is 7. The summed E-state index contributed by atoms with van der Waals surface area (Å²) in [5, 5.41) is 9.70. The Morgan fingerprint density at radius 2 is 1.36 bits per heavy atom. The minimum atomic E-state index is -0.803. The molecule has 9 heteroatoms. The Bertz CT molecular complexity index is 1600. The van der Waals surface area contributed by atoms with E-state index >= 15 is 4.79 Å². The van der Waals surface area contributed by atoms with E-state index in [9.17, 15) is 14.7 Å². The van der Waals surface area contributed by atoms with Gasteiger partial charge in [-0.2, -0.15) is 0 Å². The molecule has 2 saturated heterocycles. The zero-order valence-electron chi connectivity index (χ0n) is 37.5. The highest BCUT2D eigenvalue weighted by molar-refractivity contribution is 5.84. The monoisotopic (exact) mass is 806 g/mol. The summed E-state index contributed by atoms with van der Waals surface area (Å²) in [7, 11) is 0. The van der Waals surface area contributed by atoms with Crippen LogP contribution in [-0.2, 0) is 23.9 Å². The SMILES string of the molecule is CC1(C)[C@@H](C(=O)O[C@H]2CC[C@]3(C)[C@H]4CC[C@@H]5[C@H]6[C@H](C7CC7)CC[C@]6(C(=O)N6CCN(CCCN7CCOCC7)CC6)CC[C@@]5(C)[C@]4(C)CC[C@H]3C2(C)C)C[C@H]1C(=O)O. The summed E-state index contributed by atoms with van der Waals surface area (Å²) in [6, 6.07) is 0. The highest BCUT2D eigenvalue weighted by atomic mass is 16.5. The summed E-state index contributed by atoms with van der Waals surface area (Å²) in [6.45, 7) is 26.6. The first-order valence-electron chi connectivity index (χ1n) is 24.2. The van der Waals surface area contributed by atoms with Crippen molar-refractivity contribution in [1.82, 2.24) is 14.7 Å². The lowest BCUT2D eigenvalue weighted by atomic mass is 9.32. The van der Waals surface area contributed by atoms with Crippen LogP contribution in [0.15, 0.2) is 0 Å². The van der Waals surface area contributed by atoms with Crippen LogP contribution in [0.3, 0.4) is 0 Å². The number of morpholine rings is 1. The van der Waals surface area contributed by atoms with Gasteiger partial charge in [-0.25, -0.2) is 0 Å². The highest BCUT2D eigenvalue weighted by Gasteiger charge is 2.73. The first-order valence-corrected chi connectivity index (χ1v) is 24.2. The van der Waals surface area contributed by atoms with Crippen LogP contribution in [0.4, 0.5) is 0 Å². The fourth-order valence-electron chi connectivity index (χ4n) is 17.1. The molecule has 326 valence electrons. The fraction of sp³-hybridized carbons (Fsp3) is 0.939. The lowest BCUT2D eigenvalue weighted by Gasteiger charge is -2.73. The third-order valence-electron chi connectivity index (χ3n) is 20.9. The molecule has 1 amide bonds. The molecule has 9 aliphatic rings. The van der Waals surface area contributed by atoms with Crippen molar-refractivity contribution < 1.29 is 29.0 Å². The van der Waals surface area contributed by atoms with E-state index < -0.39 is 17.3 Å². The lowest BCUT2D eigenvalue weighted by molar-refractivity contribution is -0.252. The van der Waals surface area contributed by atoms with Crippen molar-refractivity contribution in [3.8, 4) is 0 Å². The molecule has 0 spiro atoms. The highest BCUT2D eigenvalue weighted by Crippen LogP contribution is 2.78. The van der Waals surface area contributed by atoms with Gasteiger partial charge in [-0.3, -0.25) is 24.2 Å². The third-order valence-corrected chi connectivity index (χ3v) is 20.9. The summed E-state index contributed by atoms with van der Waals surface area (Å²) in [4.78, 5) is 48.2. The number of hydrogen-bond acceptors (Lipinski definition) is 7. The van der Waals surface area contributed by atoms with Gasteiger partial charge in [-0.05, 0) is 160 Å². The van der Waals surface area contributed by atoms with Gasteiger partial charge in [0, 0.05) is 44.7 Å². The maximum atomic E-state index is 15.2. The molecular weight excluding hydrogens is 727 g/mol. The molecule has 9 nitrogen and oxygen atoms in total. The van der Waals surface area contributed by atoms with Crippen molar-refractivity contribution in [2.45, 2.75) is 144 Å². The molecule has 0 aromatic rings. The second-order valence-corrected chi connectivity index (χ2v) is 23.6. The zero-order valence-corrected chi connectivity index (χ0v) is 37.5. The van der Waals surface area contributed by atoms with Crippen LogP contribution >= 0.6 is 0 Å². The van der Waals surface area contributed by atoms with Gasteiger partial charge < -0.3 is 19.5 Å². The summed E-state index contributed by atoms with van der Waals surface area (Å²) < 4.78 is 12.0. The number of nitrogens with zero attached hydrogens (tertiary/aromatic N) is 3. The molecule has 9 fully saturated rings. The van der Waals surface area contributed by atoms with Crippen LogP contribution in [0.2, 0.25) is 0 Å². The van der Waals surface area contributed by atoms with Gasteiger partial charge in [-0.15, -0.1) is 0 Å². The molecule has 0 aromatic carbocycles. The number of ether oxygens (including phenoxy) is 2. The van der Waals surface area contributed by atoms with Crippen molar-refractivity contribution in [2.24, 2.45) is 79.8 Å². The number of esters is 1. The number of carboxylic acid groups (broad SMARTS) is 1. The molecule has 7 aliphatic carbocycles. The first-order chi connectivity index (χ1) is 27.5. The Morgan fingerprint density at radius 3 is 2.02 bits per heavy atom. The van der Waals surface area contributed by atoms with Gasteiger partial charge in [0.2, 0.25) is 5.91 Å². The van der Waals surface area contributed by atoms with E-state index in [2.05, 4.69) is 49.3 Å². The second kappa shape index (κ2) is 14.7. The minimum Gasteiger partial charge on any atom is -0.481 e. The van der Waals surface area contributed by atoms with Gasteiger partial charge in [-0.1, -0.05) is 48.5 Å². The van der Waals surface area contributed by atoms with Gasteiger partial charge >= 0.3 is 11.9 Å². The van der Waals surface area contributed by atoms with Crippen LogP contribution in [0.1, 0.15) is 138 Å². The molecule has 0 radical (unpaired) electrons. The number of amides is 1. The summed E-state index contributed by atoms with van der Waals surface area (Å²) in [6.07, 6.45) is 15.7. The molecule has 0 unspecified atom stereocenters. The standard InChI is InChI=1S/C49H79N3O6/c1-44(2)35(41(53)54)31-36(44)42(55)58-39-15-16-46(5)37(45(39,3)4)14-17-48(7)38(46)12-11-34-40-33(32-9-10-32)13-18-49(40,20-19-47(34,48)6)43(56)52-25-23-50(24-26-52)21-8-22-51-27-29-57-30-28-51/h32-40H,8-31H2,1-7H3,(H,53,54)/t33-,34+,35-,36+,37-,38+,39-,40+,46-,47+,48+,49-/m0/s1. The summed E-state index contributed by atoms with van der Waals surface area (Å²) >= 11 is 0. The average molecular weight is 806 g/mol. The molecule has 7 saturated carbocycles. The van der Waals surface area contributed by atoms with Crippen molar-refractivity contribution >= 4 is 17.8 Å². The normalized spacial score (nSPS) is 46.2. The van der Waals surface area contributed by atoms with Gasteiger partial charge in [0.25, 0.3) is 0 Å². The van der Waals surface area contributed by atoms with E-state index in [1.807, 2.05) is 13.8 Å². The molecule has 9 rings (SSSR count). The lowest BCUT2D eigenvalue weighted by Crippen LogP contribution is -2.68. The molecule has 2 aliphatic heterocycles. The second-order valence-electron chi connectivity index (χ2n) is 23.6. The van der Waals surface area contributed by atoms with Crippen LogP contribution in [0.25, 0.3) is 0 Å².